The summed E-state index contributed by atoms with van der Waals surface area (Å²) in [6.45, 7) is 12.3. The van der Waals surface area contributed by atoms with Crippen LogP contribution in [0, 0.1) is 11.8 Å². The van der Waals surface area contributed by atoms with Gasteiger partial charge in [0, 0.05) is 6.54 Å². The fraction of sp³-hybridized carbons (Fsp3) is 0.857. The van der Waals surface area contributed by atoms with Gasteiger partial charge in [-0.1, -0.05) is 53.9 Å². The number of hydrogen-bond donors (Lipinski definition) is 3. The number of hydrogen-bond acceptors (Lipinski definition) is 5. The van der Waals surface area contributed by atoms with Crippen LogP contribution >= 0.6 is 0 Å². The number of esters is 1. The summed E-state index contributed by atoms with van der Waals surface area (Å²) in [6, 6.07) is -1.79. The lowest BCUT2D eigenvalue weighted by Crippen LogP contribution is -2.57. The molecule has 164 valence electrons. The normalized spacial score (nSPS) is 14.5. The van der Waals surface area contributed by atoms with Crippen LogP contribution in [0.25, 0.3) is 0 Å². The summed E-state index contributed by atoms with van der Waals surface area (Å²) < 4.78 is 4.73. The summed E-state index contributed by atoms with van der Waals surface area (Å²) in [7, 11) is 1.32. The van der Waals surface area contributed by atoms with Crippen molar-refractivity contribution in [3.63, 3.8) is 0 Å². The van der Waals surface area contributed by atoms with Gasteiger partial charge in [0.1, 0.15) is 12.1 Å². The lowest BCUT2D eigenvalue weighted by atomic mass is 9.99. The molecule has 3 atom stereocenters. The Morgan fingerprint density at radius 3 is 2.07 bits per heavy atom. The van der Waals surface area contributed by atoms with Crippen LogP contribution < -0.4 is 16.0 Å². The first-order valence-electron chi connectivity index (χ1n) is 10.6. The van der Waals surface area contributed by atoms with Gasteiger partial charge in [0.2, 0.25) is 11.8 Å². The van der Waals surface area contributed by atoms with Crippen molar-refractivity contribution in [1.82, 2.24) is 16.0 Å². The lowest BCUT2D eigenvalue weighted by Gasteiger charge is -2.27. The standard InChI is InChI=1S/C21H41N3O4/c1-8-9-10-11-12-22-20(26)18(15(4)5)24-19(25)17(13-14(2)3)23-16(6)21(27)28-7/h14-18,23H,8-13H2,1-7H3,(H,22,26)(H,24,25)/t16-,17+,18+/m1/s1. The molecule has 28 heavy (non-hydrogen) atoms. The van der Waals surface area contributed by atoms with E-state index in [9.17, 15) is 14.4 Å². The summed E-state index contributed by atoms with van der Waals surface area (Å²) in [6.07, 6.45) is 4.87. The molecule has 0 unspecified atom stereocenters. The van der Waals surface area contributed by atoms with Crippen LogP contribution in [0.3, 0.4) is 0 Å². The van der Waals surface area contributed by atoms with E-state index in [-0.39, 0.29) is 23.7 Å². The second kappa shape index (κ2) is 14.4. The van der Waals surface area contributed by atoms with E-state index < -0.39 is 24.1 Å². The zero-order chi connectivity index (χ0) is 21.7. The minimum atomic E-state index is -0.608. The van der Waals surface area contributed by atoms with E-state index in [1.54, 1.807) is 6.92 Å². The van der Waals surface area contributed by atoms with Crippen LogP contribution in [0.2, 0.25) is 0 Å². The highest BCUT2D eigenvalue weighted by atomic mass is 16.5. The van der Waals surface area contributed by atoms with Crippen molar-refractivity contribution in [2.45, 2.75) is 91.8 Å². The molecule has 0 aliphatic rings. The fourth-order valence-electron chi connectivity index (χ4n) is 2.93. The highest BCUT2D eigenvalue weighted by molar-refractivity contribution is 5.90. The molecule has 7 nitrogen and oxygen atoms in total. The van der Waals surface area contributed by atoms with E-state index in [2.05, 4.69) is 22.9 Å². The van der Waals surface area contributed by atoms with E-state index in [1.807, 2.05) is 27.7 Å². The molecular formula is C21H41N3O4. The highest BCUT2D eigenvalue weighted by Gasteiger charge is 2.30. The average Bonchev–Trinajstić information content (AvgIpc) is 2.63. The predicted octanol–water partition coefficient (Wildman–Crippen LogP) is 2.39. The number of ether oxygens (including phenoxy) is 1. The maximum Gasteiger partial charge on any atom is 0.322 e. The molecule has 0 fully saturated rings. The number of nitrogens with one attached hydrogen (secondary N) is 3. The maximum atomic E-state index is 12.9. The smallest absolute Gasteiger partial charge is 0.322 e. The van der Waals surface area contributed by atoms with Gasteiger partial charge >= 0.3 is 5.97 Å². The first-order chi connectivity index (χ1) is 13.1. The Labute approximate surface area is 170 Å². The third-order valence-corrected chi connectivity index (χ3v) is 4.61. The van der Waals surface area contributed by atoms with Gasteiger partial charge in [0.25, 0.3) is 0 Å². The van der Waals surface area contributed by atoms with E-state index in [4.69, 9.17) is 4.74 Å². The fourth-order valence-corrected chi connectivity index (χ4v) is 2.93. The Morgan fingerprint density at radius 2 is 1.57 bits per heavy atom. The number of methoxy groups -OCH3 is 1. The number of unbranched alkanes of at least 4 members (excludes halogenated alkanes) is 3. The van der Waals surface area contributed by atoms with Gasteiger partial charge in [-0.2, -0.15) is 0 Å². The Morgan fingerprint density at radius 1 is 0.929 bits per heavy atom. The van der Waals surface area contributed by atoms with Crippen molar-refractivity contribution in [3.8, 4) is 0 Å². The number of amides is 2. The van der Waals surface area contributed by atoms with Crippen molar-refractivity contribution in [1.29, 1.82) is 0 Å². The first kappa shape index (κ1) is 26.4. The molecule has 0 aromatic carbocycles. The van der Waals surface area contributed by atoms with Crippen molar-refractivity contribution >= 4 is 17.8 Å². The molecule has 0 saturated heterocycles. The Bertz CT molecular complexity index is 480. The lowest BCUT2D eigenvalue weighted by molar-refractivity contribution is -0.143. The minimum Gasteiger partial charge on any atom is -0.468 e. The average molecular weight is 400 g/mol. The van der Waals surface area contributed by atoms with Gasteiger partial charge in [-0.3, -0.25) is 19.7 Å². The van der Waals surface area contributed by atoms with E-state index in [1.165, 1.54) is 7.11 Å². The number of carbonyl (C=O) groups excluding carboxylic acids is 3. The molecule has 0 aromatic rings. The summed E-state index contributed by atoms with van der Waals surface area (Å²) in [5.74, 6) is -0.657. The molecule has 0 heterocycles. The summed E-state index contributed by atoms with van der Waals surface area (Å²) >= 11 is 0. The van der Waals surface area contributed by atoms with E-state index in [0.717, 1.165) is 25.7 Å². The molecule has 0 saturated carbocycles. The maximum absolute atomic E-state index is 12.9. The van der Waals surface area contributed by atoms with Crippen LogP contribution in [0.15, 0.2) is 0 Å². The molecule has 0 radical (unpaired) electrons. The molecule has 0 rings (SSSR count). The second-order valence-electron chi connectivity index (χ2n) is 8.18. The zero-order valence-corrected chi connectivity index (χ0v) is 18.8. The molecular weight excluding hydrogens is 358 g/mol. The van der Waals surface area contributed by atoms with E-state index >= 15 is 0 Å². The van der Waals surface area contributed by atoms with Crippen molar-refractivity contribution in [2.24, 2.45) is 11.8 Å². The third-order valence-electron chi connectivity index (χ3n) is 4.61. The summed E-state index contributed by atoms with van der Waals surface area (Å²) in [5, 5.41) is 8.83. The van der Waals surface area contributed by atoms with Crippen molar-refractivity contribution < 1.29 is 19.1 Å². The molecule has 0 spiro atoms. The summed E-state index contributed by atoms with van der Waals surface area (Å²) in [4.78, 5) is 37.1. The Kier molecular flexibility index (Phi) is 13.5. The predicted molar refractivity (Wildman–Crippen MR) is 112 cm³/mol. The molecule has 0 bridgehead atoms. The van der Waals surface area contributed by atoms with Crippen LogP contribution in [0.1, 0.15) is 73.6 Å². The van der Waals surface area contributed by atoms with Crippen LogP contribution in [-0.2, 0) is 19.1 Å². The molecule has 0 aliphatic carbocycles. The monoisotopic (exact) mass is 399 g/mol. The first-order valence-corrected chi connectivity index (χ1v) is 10.6. The molecule has 2 amide bonds. The second-order valence-corrected chi connectivity index (χ2v) is 8.18. The van der Waals surface area contributed by atoms with Crippen LogP contribution in [0.5, 0.6) is 0 Å². The number of carbonyl (C=O) groups is 3. The van der Waals surface area contributed by atoms with Gasteiger partial charge in [0.05, 0.1) is 13.2 Å². The largest absolute Gasteiger partial charge is 0.468 e. The van der Waals surface area contributed by atoms with Gasteiger partial charge in [-0.05, 0) is 31.6 Å². The van der Waals surface area contributed by atoms with Gasteiger partial charge in [-0.25, -0.2) is 0 Å². The van der Waals surface area contributed by atoms with Crippen LogP contribution in [0.4, 0.5) is 0 Å². The highest BCUT2D eigenvalue weighted by Crippen LogP contribution is 2.09. The van der Waals surface area contributed by atoms with Crippen LogP contribution in [-0.4, -0.2) is 49.6 Å². The van der Waals surface area contributed by atoms with Crippen molar-refractivity contribution in [3.05, 3.63) is 0 Å². The van der Waals surface area contributed by atoms with E-state index in [0.29, 0.717) is 13.0 Å². The minimum absolute atomic E-state index is 0.0441. The zero-order valence-electron chi connectivity index (χ0n) is 18.8. The van der Waals surface area contributed by atoms with Gasteiger partial charge in [-0.15, -0.1) is 0 Å². The molecule has 3 N–H and O–H groups in total. The number of rotatable bonds is 14. The Hall–Kier alpha value is -1.63. The SMILES string of the molecule is CCCCCCNC(=O)[C@@H](NC(=O)[C@H](CC(C)C)N[C@H](C)C(=O)OC)C(C)C. The van der Waals surface area contributed by atoms with Gasteiger partial charge < -0.3 is 15.4 Å². The Balaban J connectivity index is 4.93. The van der Waals surface area contributed by atoms with Gasteiger partial charge in [0.15, 0.2) is 0 Å². The third kappa shape index (κ3) is 10.6. The topological polar surface area (TPSA) is 96.5 Å². The molecule has 0 aliphatic heterocycles. The summed E-state index contributed by atoms with van der Waals surface area (Å²) in [5.41, 5.74) is 0. The molecule has 0 aromatic heterocycles. The molecule has 7 heteroatoms. The quantitative estimate of drug-likeness (QED) is 0.308. The van der Waals surface area contributed by atoms with Crippen molar-refractivity contribution in [2.75, 3.05) is 13.7 Å².